The van der Waals surface area contributed by atoms with Crippen molar-refractivity contribution < 1.29 is 8.42 Å². The number of thiol groups is 1. The Labute approximate surface area is 88.4 Å². The molecule has 1 heterocycles. The third-order valence-electron chi connectivity index (χ3n) is 2.83. The zero-order valence-corrected chi connectivity index (χ0v) is 9.55. The smallest absolute Gasteiger partial charge is 0.140 e. The summed E-state index contributed by atoms with van der Waals surface area (Å²) in [4.78, 5) is 2.37. The van der Waals surface area contributed by atoms with Crippen molar-refractivity contribution in [2.24, 2.45) is 5.92 Å². The third kappa shape index (κ3) is 4.42. The van der Waals surface area contributed by atoms with Crippen LogP contribution in [-0.2, 0) is 10.7 Å². The second-order valence-corrected chi connectivity index (χ2v) is 5.12. The van der Waals surface area contributed by atoms with Crippen molar-refractivity contribution in [3.05, 3.63) is 6.92 Å². The van der Waals surface area contributed by atoms with E-state index in [1.165, 1.54) is 12.8 Å². The summed E-state index contributed by atoms with van der Waals surface area (Å²) in [5.74, 6) is 1.06. The van der Waals surface area contributed by atoms with Crippen molar-refractivity contribution >= 4 is 10.7 Å². The second kappa shape index (κ2) is 6.40. The fourth-order valence-electron chi connectivity index (χ4n) is 2.01. The lowest BCUT2D eigenvalue weighted by molar-refractivity contribution is 0.176. The highest BCUT2D eigenvalue weighted by Gasteiger charge is 2.17. The molecule has 3 nitrogen and oxygen atoms in total. The highest BCUT2D eigenvalue weighted by atomic mass is 32.2. The van der Waals surface area contributed by atoms with Crippen LogP contribution in [-0.4, -0.2) is 38.7 Å². The summed E-state index contributed by atoms with van der Waals surface area (Å²) in [6.07, 6.45) is 4.31. The maximum absolute atomic E-state index is 10.4. The van der Waals surface area contributed by atoms with Gasteiger partial charge in [0.25, 0.3) is 0 Å². The lowest BCUT2D eigenvalue weighted by atomic mass is 9.96. The standard InChI is InChI=1S/C10H20NO2S/c1-2-10-5-3-6-11(9-10)7-4-8-14(12)13/h10,14H,1-9H2. The first-order valence-corrected chi connectivity index (χ1v) is 6.72. The summed E-state index contributed by atoms with van der Waals surface area (Å²) in [6, 6.07) is 0. The van der Waals surface area contributed by atoms with E-state index in [1.807, 2.05) is 0 Å². The Morgan fingerprint density at radius 2 is 2.21 bits per heavy atom. The van der Waals surface area contributed by atoms with Gasteiger partial charge in [-0.05, 0) is 44.7 Å². The van der Waals surface area contributed by atoms with Gasteiger partial charge < -0.3 is 4.90 Å². The van der Waals surface area contributed by atoms with Crippen LogP contribution in [0.25, 0.3) is 0 Å². The number of likely N-dealkylation sites (tertiary alicyclic amines) is 1. The van der Waals surface area contributed by atoms with Crippen LogP contribution < -0.4 is 0 Å². The van der Waals surface area contributed by atoms with Gasteiger partial charge in [0.15, 0.2) is 0 Å². The van der Waals surface area contributed by atoms with Gasteiger partial charge in [-0.3, -0.25) is 0 Å². The maximum atomic E-state index is 10.4. The molecule has 1 radical (unpaired) electrons. The Hall–Kier alpha value is -0.0900. The highest BCUT2D eigenvalue weighted by Crippen LogP contribution is 2.18. The molecule has 1 saturated heterocycles. The number of rotatable bonds is 5. The molecule has 0 aromatic rings. The van der Waals surface area contributed by atoms with Gasteiger partial charge >= 0.3 is 0 Å². The van der Waals surface area contributed by atoms with Crippen LogP contribution in [0.1, 0.15) is 25.7 Å². The number of hydrogen-bond acceptors (Lipinski definition) is 3. The summed E-state index contributed by atoms with van der Waals surface area (Å²) in [5, 5.41) is 0. The summed E-state index contributed by atoms with van der Waals surface area (Å²) < 4.78 is 20.7. The number of hydrogen-bond donors (Lipinski definition) is 1. The molecule has 0 aliphatic carbocycles. The zero-order valence-electron chi connectivity index (χ0n) is 8.65. The molecule has 14 heavy (non-hydrogen) atoms. The van der Waals surface area contributed by atoms with E-state index in [1.54, 1.807) is 0 Å². The zero-order chi connectivity index (χ0) is 10.4. The van der Waals surface area contributed by atoms with Gasteiger partial charge in [-0.15, -0.1) is 0 Å². The number of nitrogens with zero attached hydrogens (tertiary/aromatic N) is 1. The molecule has 83 valence electrons. The first-order chi connectivity index (χ1) is 6.72. The maximum Gasteiger partial charge on any atom is 0.140 e. The molecule has 0 saturated carbocycles. The molecule has 0 amide bonds. The van der Waals surface area contributed by atoms with E-state index in [2.05, 4.69) is 11.8 Å². The van der Waals surface area contributed by atoms with Gasteiger partial charge in [0.1, 0.15) is 10.7 Å². The minimum absolute atomic E-state index is 0.334. The van der Waals surface area contributed by atoms with Crippen LogP contribution in [0.15, 0.2) is 0 Å². The summed E-state index contributed by atoms with van der Waals surface area (Å²) in [6.45, 7) is 7.10. The SMILES string of the molecule is [CH2]CC1CCCN(CCC[SH](=O)=O)C1. The summed E-state index contributed by atoms with van der Waals surface area (Å²) in [7, 11) is -2.18. The quantitative estimate of drug-likeness (QED) is 0.697. The monoisotopic (exact) mass is 218 g/mol. The van der Waals surface area contributed by atoms with Crippen molar-refractivity contribution in [2.45, 2.75) is 25.7 Å². The van der Waals surface area contributed by atoms with Crippen molar-refractivity contribution in [3.8, 4) is 0 Å². The van der Waals surface area contributed by atoms with Gasteiger partial charge in [-0.25, -0.2) is 8.42 Å². The molecule has 0 spiro atoms. The molecule has 1 aliphatic rings. The minimum atomic E-state index is -2.18. The normalized spacial score (nSPS) is 24.3. The Bertz CT molecular complexity index is 220. The largest absolute Gasteiger partial charge is 0.303 e. The molecule has 1 atom stereocenters. The van der Waals surface area contributed by atoms with Gasteiger partial charge in [0.2, 0.25) is 0 Å². The summed E-state index contributed by atoms with van der Waals surface area (Å²) >= 11 is 0. The van der Waals surface area contributed by atoms with E-state index in [4.69, 9.17) is 0 Å². The predicted molar refractivity (Wildman–Crippen MR) is 58.9 cm³/mol. The third-order valence-corrected chi connectivity index (χ3v) is 3.51. The molecule has 4 heteroatoms. The molecular weight excluding hydrogens is 198 g/mol. The fraction of sp³-hybridized carbons (Fsp3) is 0.900. The molecular formula is C10H20NO2S. The van der Waals surface area contributed by atoms with Crippen molar-refractivity contribution in [1.29, 1.82) is 0 Å². The fourth-order valence-corrected chi connectivity index (χ4v) is 2.41. The van der Waals surface area contributed by atoms with Crippen LogP contribution in [0, 0.1) is 12.8 Å². The first kappa shape index (κ1) is 12.0. The molecule has 1 aliphatic heterocycles. The second-order valence-electron chi connectivity index (χ2n) is 4.01. The average molecular weight is 218 g/mol. The molecule has 0 bridgehead atoms. The van der Waals surface area contributed by atoms with E-state index >= 15 is 0 Å². The van der Waals surface area contributed by atoms with Crippen LogP contribution in [0.5, 0.6) is 0 Å². The Balaban J connectivity index is 2.17. The molecule has 0 aromatic heterocycles. The van der Waals surface area contributed by atoms with E-state index in [9.17, 15) is 8.42 Å². The van der Waals surface area contributed by atoms with Crippen LogP contribution >= 0.6 is 0 Å². The lowest BCUT2D eigenvalue weighted by Crippen LogP contribution is -2.36. The van der Waals surface area contributed by atoms with E-state index in [0.29, 0.717) is 5.75 Å². The Morgan fingerprint density at radius 3 is 2.86 bits per heavy atom. The number of piperidine rings is 1. The average Bonchev–Trinajstić information content (AvgIpc) is 2.18. The van der Waals surface area contributed by atoms with Crippen molar-refractivity contribution in [3.63, 3.8) is 0 Å². The Morgan fingerprint density at radius 1 is 1.43 bits per heavy atom. The van der Waals surface area contributed by atoms with E-state index in [0.717, 1.165) is 38.4 Å². The van der Waals surface area contributed by atoms with Crippen molar-refractivity contribution in [1.82, 2.24) is 4.90 Å². The highest BCUT2D eigenvalue weighted by molar-refractivity contribution is 7.72. The molecule has 0 N–H and O–H groups in total. The van der Waals surface area contributed by atoms with Crippen molar-refractivity contribution in [2.75, 3.05) is 25.4 Å². The van der Waals surface area contributed by atoms with Gasteiger partial charge in [0, 0.05) is 12.3 Å². The van der Waals surface area contributed by atoms with Crippen LogP contribution in [0.2, 0.25) is 0 Å². The van der Waals surface area contributed by atoms with Gasteiger partial charge in [-0.2, -0.15) is 0 Å². The van der Waals surface area contributed by atoms with Gasteiger partial charge in [0.05, 0.1) is 0 Å². The Kier molecular flexibility index (Phi) is 5.48. The van der Waals surface area contributed by atoms with Crippen LogP contribution in [0.3, 0.4) is 0 Å². The summed E-state index contributed by atoms with van der Waals surface area (Å²) in [5.41, 5.74) is 0. The molecule has 1 unspecified atom stereocenters. The first-order valence-electron chi connectivity index (χ1n) is 5.35. The predicted octanol–water partition coefficient (Wildman–Crippen LogP) is 0.924. The molecule has 1 fully saturated rings. The van der Waals surface area contributed by atoms with E-state index < -0.39 is 10.7 Å². The minimum Gasteiger partial charge on any atom is -0.303 e. The van der Waals surface area contributed by atoms with Gasteiger partial charge in [-0.1, -0.05) is 6.92 Å². The van der Waals surface area contributed by atoms with Crippen LogP contribution in [0.4, 0.5) is 0 Å². The topological polar surface area (TPSA) is 37.4 Å². The molecule has 0 aromatic carbocycles. The lowest BCUT2D eigenvalue weighted by Gasteiger charge is -2.31. The van der Waals surface area contributed by atoms with E-state index in [-0.39, 0.29) is 0 Å². The molecule has 1 rings (SSSR count).